The van der Waals surface area contributed by atoms with Gasteiger partial charge < -0.3 is 14.2 Å². The summed E-state index contributed by atoms with van der Waals surface area (Å²) in [7, 11) is 3.76. The van der Waals surface area contributed by atoms with Gasteiger partial charge in [0.25, 0.3) is 11.7 Å². The highest BCUT2D eigenvalue weighted by Crippen LogP contribution is 1.95. The van der Waals surface area contributed by atoms with Crippen LogP contribution in [-0.4, -0.2) is 33.1 Å². The molecule has 12 heavy (non-hydrogen) atoms. The standard InChI is InChI=1S/C7H10O5/c1-10-6(11-2)4-5(8)7(9)12-3/h4H,1-3H3. The molecule has 0 aliphatic heterocycles. The molecule has 0 heterocycles. The number of rotatable bonds is 4. The molecule has 0 spiro atoms. The van der Waals surface area contributed by atoms with Crippen LogP contribution in [0.25, 0.3) is 0 Å². The maximum absolute atomic E-state index is 10.8. The molecular formula is C7H10O5. The predicted octanol–water partition coefficient (Wildman–Crippen LogP) is -0.137. The van der Waals surface area contributed by atoms with Gasteiger partial charge in [-0.1, -0.05) is 0 Å². The van der Waals surface area contributed by atoms with E-state index < -0.39 is 11.8 Å². The van der Waals surface area contributed by atoms with E-state index in [0.29, 0.717) is 0 Å². The molecule has 0 saturated carbocycles. The van der Waals surface area contributed by atoms with Crippen LogP contribution in [0.5, 0.6) is 0 Å². The Morgan fingerprint density at radius 1 is 1.00 bits per heavy atom. The Balaban J connectivity index is 4.30. The van der Waals surface area contributed by atoms with E-state index in [1.54, 1.807) is 0 Å². The first-order chi connectivity index (χ1) is 5.65. The van der Waals surface area contributed by atoms with Crippen LogP contribution in [0.15, 0.2) is 12.0 Å². The van der Waals surface area contributed by atoms with Gasteiger partial charge in [0.05, 0.1) is 27.4 Å². The fraction of sp³-hybridized carbons (Fsp3) is 0.429. The normalized spacial score (nSPS) is 8.25. The van der Waals surface area contributed by atoms with Crippen LogP contribution < -0.4 is 0 Å². The molecule has 5 nitrogen and oxygen atoms in total. The Morgan fingerprint density at radius 3 is 1.83 bits per heavy atom. The topological polar surface area (TPSA) is 61.8 Å². The first-order valence-corrected chi connectivity index (χ1v) is 3.07. The molecule has 0 fully saturated rings. The molecule has 0 bridgehead atoms. The van der Waals surface area contributed by atoms with Crippen LogP contribution in [0, 0.1) is 0 Å². The molecular weight excluding hydrogens is 164 g/mol. The summed E-state index contributed by atoms with van der Waals surface area (Å²) in [4.78, 5) is 21.3. The first-order valence-electron chi connectivity index (χ1n) is 3.07. The summed E-state index contributed by atoms with van der Waals surface area (Å²) in [5.41, 5.74) is 0. The summed E-state index contributed by atoms with van der Waals surface area (Å²) in [5.74, 6) is -1.82. The monoisotopic (exact) mass is 174 g/mol. The fourth-order valence-electron chi connectivity index (χ4n) is 0.468. The van der Waals surface area contributed by atoms with Gasteiger partial charge >= 0.3 is 5.97 Å². The third kappa shape index (κ3) is 3.05. The molecule has 0 atom stereocenters. The van der Waals surface area contributed by atoms with Crippen molar-refractivity contribution in [3.63, 3.8) is 0 Å². The van der Waals surface area contributed by atoms with Crippen molar-refractivity contribution < 1.29 is 23.8 Å². The lowest BCUT2D eigenvalue weighted by Gasteiger charge is -2.01. The van der Waals surface area contributed by atoms with E-state index in [4.69, 9.17) is 0 Å². The van der Waals surface area contributed by atoms with Gasteiger partial charge in [0, 0.05) is 0 Å². The Labute approximate surface area is 69.9 Å². The summed E-state index contributed by atoms with van der Waals surface area (Å²) in [6.45, 7) is 0. The Morgan fingerprint density at radius 2 is 1.50 bits per heavy atom. The third-order valence-corrected chi connectivity index (χ3v) is 1.04. The minimum atomic E-state index is -0.957. The van der Waals surface area contributed by atoms with Gasteiger partial charge in [-0.2, -0.15) is 0 Å². The Bertz CT molecular complexity index is 200. The van der Waals surface area contributed by atoms with Crippen LogP contribution >= 0.6 is 0 Å². The van der Waals surface area contributed by atoms with Crippen molar-refractivity contribution in [3.8, 4) is 0 Å². The zero-order valence-corrected chi connectivity index (χ0v) is 7.12. The van der Waals surface area contributed by atoms with Crippen molar-refractivity contribution in [2.24, 2.45) is 0 Å². The molecule has 5 heteroatoms. The van der Waals surface area contributed by atoms with E-state index in [-0.39, 0.29) is 5.95 Å². The Hall–Kier alpha value is -1.52. The lowest BCUT2D eigenvalue weighted by atomic mass is 10.4. The molecule has 0 radical (unpaired) electrons. The third-order valence-electron chi connectivity index (χ3n) is 1.04. The van der Waals surface area contributed by atoms with Gasteiger partial charge in [0.15, 0.2) is 0 Å². The minimum absolute atomic E-state index is 0.0367. The Kier molecular flexibility index (Phi) is 4.52. The number of methoxy groups -OCH3 is 3. The van der Waals surface area contributed by atoms with Crippen molar-refractivity contribution in [2.75, 3.05) is 21.3 Å². The summed E-state index contributed by atoms with van der Waals surface area (Å²) in [6.07, 6.45) is 0.909. The van der Waals surface area contributed by atoms with Crippen LogP contribution in [0.1, 0.15) is 0 Å². The molecule has 0 N–H and O–H groups in total. The largest absolute Gasteiger partial charge is 0.469 e. The van der Waals surface area contributed by atoms with E-state index in [1.807, 2.05) is 0 Å². The van der Waals surface area contributed by atoms with E-state index >= 15 is 0 Å². The highest BCUT2D eigenvalue weighted by molar-refractivity contribution is 6.38. The van der Waals surface area contributed by atoms with Crippen LogP contribution in [-0.2, 0) is 23.8 Å². The predicted molar refractivity (Wildman–Crippen MR) is 39.1 cm³/mol. The molecule has 0 aromatic heterocycles. The van der Waals surface area contributed by atoms with E-state index in [9.17, 15) is 9.59 Å². The molecule has 0 aromatic rings. The molecule has 68 valence electrons. The maximum Gasteiger partial charge on any atom is 0.379 e. The van der Waals surface area contributed by atoms with E-state index in [1.165, 1.54) is 14.2 Å². The fourth-order valence-corrected chi connectivity index (χ4v) is 0.468. The van der Waals surface area contributed by atoms with Gasteiger partial charge in [-0.05, 0) is 0 Å². The second-order valence-electron chi connectivity index (χ2n) is 1.73. The lowest BCUT2D eigenvalue weighted by molar-refractivity contribution is -0.149. The molecule has 0 aliphatic rings. The quantitative estimate of drug-likeness (QED) is 0.257. The van der Waals surface area contributed by atoms with Crippen molar-refractivity contribution in [3.05, 3.63) is 12.0 Å². The van der Waals surface area contributed by atoms with Gasteiger partial charge in [0.1, 0.15) is 0 Å². The number of ether oxygens (including phenoxy) is 3. The molecule has 0 unspecified atom stereocenters. The SMILES string of the molecule is COC(=O)C(=O)C=C(OC)OC. The van der Waals surface area contributed by atoms with Gasteiger partial charge in [-0.15, -0.1) is 0 Å². The minimum Gasteiger partial charge on any atom is -0.469 e. The average Bonchev–Trinajstić information content (AvgIpc) is 2.12. The molecule has 0 saturated heterocycles. The number of esters is 1. The van der Waals surface area contributed by atoms with Gasteiger partial charge in [0.2, 0.25) is 0 Å². The first kappa shape index (κ1) is 10.5. The number of carbonyl (C=O) groups is 2. The van der Waals surface area contributed by atoms with Gasteiger partial charge in [-0.3, -0.25) is 4.79 Å². The average molecular weight is 174 g/mol. The summed E-state index contributed by atoms with van der Waals surface area (Å²) in [6, 6.07) is 0. The number of carbonyl (C=O) groups excluding carboxylic acids is 2. The number of ketones is 1. The lowest BCUT2D eigenvalue weighted by Crippen LogP contribution is -2.13. The van der Waals surface area contributed by atoms with Crippen LogP contribution in [0.2, 0.25) is 0 Å². The summed E-state index contributed by atoms with van der Waals surface area (Å²) in [5, 5.41) is 0. The zero-order valence-electron chi connectivity index (χ0n) is 7.12. The van der Waals surface area contributed by atoms with Crippen LogP contribution in [0.4, 0.5) is 0 Å². The second kappa shape index (κ2) is 5.17. The zero-order chi connectivity index (χ0) is 9.56. The van der Waals surface area contributed by atoms with E-state index in [2.05, 4.69) is 14.2 Å². The highest BCUT2D eigenvalue weighted by atomic mass is 16.7. The number of hydrogen-bond acceptors (Lipinski definition) is 5. The molecule has 0 aromatic carbocycles. The molecule has 0 amide bonds. The smallest absolute Gasteiger partial charge is 0.379 e. The molecule has 0 rings (SSSR count). The summed E-state index contributed by atoms with van der Waals surface area (Å²) >= 11 is 0. The summed E-state index contributed by atoms with van der Waals surface area (Å²) < 4.78 is 13.3. The number of hydrogen-bond donors (Lipinski definition) is 0. The second-order valence-corrected chi connectivity index (χ2v) is 1.73. The molecule has 0 aliphatic carbocycles. The van der Waals surface area contributed by atoms with Crippen molar-refractivity contribution in [1.29, 1.82) is 0 Å². The van der Waals surface area contributed by atoms with Crippen molar-refractivity contribution in [1.82, 2.24) is 0 Å². The van der Waals surface area contributed by atoms with Crippen LogP contribution in [0.3, 0.4) is 0 Å². The maximum atomic E-state index is 10.8. The highest BCUT2D eigenvalue weighted by Gasteiger charge is 2.12. The van der Waals surface area contributed by atoms with E-state index in [0.717, 1.165) is 13.2 Å². The van der Waals surface area contributed by atoms with Crippen molar-refractivity contribution >= 4 is 11.8 Å². The van der Waals surface area contributed by atoms with Gasteiger partial charge in [-0.25, -0.2) is 4.79 Å². The van der Waals surface area contributed by atoms with Crippen molar-refractivity contribution in [2.45, 2.75) is 0 Å².